The number of nitrogens with zero attached hydrogens (tertiary/aromatic N) is 1. The van der Waals surface area contributed by atoms with Crippen LogP contribution in [0, 0.1) is 20.8 Å². The number of hydrogen-bond acceptors (Lipinski definition) is 5. The van der Waals surface area contributed by atoms with Crippen molar-refractivity contribution in [3.8, 4) is 11.3 Å². The van der Waals surface area contributed by atoms with E-state index in [1.165, 1.54) is 11.6 Å². The summed E-state index contributed by atoms with van der Waals surface area (Å²) in [5.41, 5.74) is 6.09. The highest BCUT2D eigenvalue weighted by molar-refractivity contribution is 6.42. The summed E-state index contributed by atoms with van der Waals surface area (Å²) in [6.45, 7) is 6.15. The molecule has 0 aliphatic heterocycles. The van der Waals surface area contributed by atoms with Crippen LogP contribution in [-0.4, -0.2) is 16.6 Å². The number of benzene rings is 3. The van der Waals surface area contributed by atoms with Crippen LogP contribution < -0.4 is 0 Å². The second-order valence-corrected chi connectivity index (χ2v) is 8.57. The van der Waals surface area contributed by atoms with E-state index in [-0.39, 0.29) is 23.0 Å². The second kappa shape index (κ2) is 6.87. The van der Waals surface area contributed by atoms with Crippen molar-refractivity contribution in [2.45, 2.75) is 20.8 Å². The Balaban J connectivity index is 1.39. The molecule has 0 saturated heterocycles. The summed E-state index contributed by atoms with van der Waals surface area (Å²) in [6, 6.07) is 17.2. The van der Waals surface area contributed by atoms with Gasteiger partial charge in [-0.3, -0.25) is 9.59 Å². The third-order valence-corrected chi connectivity index (χ3v) is 6.16. The molecule has 0 N–H and O–H groups in total. The predicted molar refractivity (Wildman–Crippen MR) is 127 cm³/mol. The highest BCUT2D eigenvalue weighted by Gasteiger charge is 2.34. The zero-order chi connectivity index (χ0) is 22.9. The fraction of sp³-hybridized carbons (Fsp3) is 0.107. The largest absolute Gasteiger partial charge is 0.435 e. The summed E-state index contributed by atoms with van der Waals surface area (Å²) in [7, 11) is 0. The van der Waals surface area contributed by atoms with Crippen molar-refractivity contribution in [1.82, 2.24) is 4.98 Å². The second-order valence-electron chi connectivity index (χ2n) is 8.57. The van der Waals surface area contributed by atoms with E-state index < -0.39 is 0 Å². The quantitative estimate of drug-likeness (QED) is 0.231. The first-order chi connectivity index (χ1) is 15.9. The van der Waals surface area contributed by atoms with Crippen molar-refractivity contribution >= 4 is 39.7 Å². The molecule has 2 aromatic heterocycles. The lowest BCUT2D eigenvalue weighted by Crippen LogP contribution is -2.00. The van der Waals surface area contributed by atoms with Crippen molar-refractivity contribution in [2.75, 3.05) is 0 Å². The zero-order valence-electron chi connectivity index (χ0n) is 18.4. The average molecular weight is 433 g/mol. The van der Waals surface area contributed by atoms with Gasteiger partial charge in [0.15, 0.2) is 17.1 Å². The Morgan fingerprint density at radius 1 is 0.788 bits per heavy atom. The lowest BCUT2D eigenvalue weighted by atomic mass is 9.98. The van der Waals surface area contributed by atoms with Crippen LogP contribution in [0.3, 0.4) is 0 Å². The molecule has 0 amide bonds. The van der Waals surface area contributed by atoms with Gasteiger partial charge in [0.1, 0.15) is 5.76 Å². The van der Waals surface area contributed by atoms with Crippen LogP contribution in [0.25, 0.3) is 39.5 Å². The summed E-state index contributed by atoms with van der Waals surface area (Å²) in [5.74, 6) is 0.212. The summed E-state index contributed by atoms with van der Waals surface area (Å²) in [6.07, 6.45) is 1.41. The SMILES string of the molecule is Cc1cc(C)c(-c2cc3oc(C=C4C(=O)c5cc6ccccc6cc5C4=O)nc3o2)c(C)c1. The molecule has 0 spiro atoms. The maximum absolute atomic E-state index is 13.0. The van der Waals surface area contributed by atoms with Gasteiger partial charge >= 0.3 is 0 Å². The predicted octanol–water partition coefficient (Wildman–Crippen LogP) is 6.63. The molecule has 0 unspecified atom stereocenters. The fourth-order valence-electron chi connectivity index (χ4n) is 4.77. The van der Waals surface area contributed by atoms with E-state index in [2.05, 4.69) is 24.0 Å². The van der Waals surface area contributed by atoms with Crippen molar-refractivity contribution in [1.29, 1.82) is 0 Å². The third kappa shape index (κ3) is 2.97. The summed E-state index contributed by atoms with van der Waals surface area (Å²) in [5, 5.41) is 1.84. The van der Waals surface area contributed by atoms with Crippen LogP contribution in [0.15, 0.2) is 69.0 Å². The molecule has 1 aliphatic carbocycles. The fourth-order valence-corrected chi connectivity index (χ4v) is 4.77. The maximum Gasteiger partial charge on any atom is 0.266 e. The number of Topliss-reactive ketones (excluding diaryl/α,β-unsaturated/α-hetero) is 2. The van der Waals surface area contributed by atoms with Crippen LogP contribution in [0.5, 0.6) is 0 Å². The van der Waals surface area contributed by atoms with E-state index in [9.17, 15) is 9.59 Å². The molecule has 1 aliphatic rings. The van der Waals surface area contributed by atoms with Crippen molar-refractivity contribution in [3.05, 3.63) is 93.9 Å². The van der Waals surface area contributed by atoms with Crippen molar-refractivity contribution < 1.29 is 18.4 Å². The Hall–Kier alpha value is -4.25. The number of hydrogen-bond donors (Lipinski definition) is 0. The van der Waals surface area contributed by atoms with E-state index in [1.54, 1.807) is 18.2 Å². The number of rotatable bonds is 2. The van der Waals surface area contributed by atoms with Gasteiger partial charge < -0.3 is 8.83 Å². The molecule has 5 nitrogen and oxygen atoms in total. The molecule has 0 fully saturated rings. The van der Waals surface area contributed by atoms with Crippen LogP contribution >= 0.6 is 0 Å². The lowest BCUT2D eigenvalue weighted by Gasteiger charge is -2.08. The molecule has 160 valence electrons. The molecule has 2 heterocycles. The Morgan fingerprint density at radius 3 is 1.97 bits per heavy atom. The number of carbonyl (C=O) groups excluding carboxylic acids is 2. The molecule has 5 aromatic rings. The molecular weight excluding hydrogens is 414 g/mol. The van der Waals surface area contributed by atoms with Crippen molar-refractivity contribution in [2.24, 2.45) is 0 Å². The molecule has 5 heteroatoms. The minimum Gasteiger partial charge on any atom is -0.435 e. The average Bonchev–Trinajstić information content (AvgIpc) is 3.39. The third-order valence-electron chi connectivity index (χ3n) is 6.16. The standard InChI is InChI=1S/C28H19NO4/c1-14-8-15(2)25(16(3)9-14)22-13-23-28(33-22)29-24(32-23)12-21-26(30)19-10-17-6-4-5-7-18(17)11-20(19)27(21)31/h4-13H,1-3H3. The first-order valence-corrected chi connectivity index (χ1v) is 10.7. The number of allylic oxidation sites excluding steroid dienone is 1. The first-order valence-electron chi connectivity index (χ1n) is 10.7. The topological polar surface area (TPSA) is 73.3 Å². The highest BCUT2D eigenvalue weighted by atomic mass is 16.4. The number of aromatic nitrogens is 1. The van der Waals surface area contributed by atoms with Crippen molar-refractivity contribution in [3.63, 3.8) is 0 Å². The van der Waals surface area contributed by atoms with Gasteiger partial charge in [0, 0.05) is 28.8 Å². The Labute approximate surface area is 189 Å². The van der Waals surface area contributed by atoms with E-state index in [0.29, 0.717) is 28.2 Å². The summed E-state index contributed by atoms with van der Waals surface area (Å²) < 4.78 is 11.8. The minimum absolute atomic E-state index is 0.0506. The van der Waals surface area contributed by atoms with Gasteiger partial charge in [0.25, 0.3) is 5.71 Å². The van der Waals surface area contributed by atoms with Gasteiger partial charge in [0.2, 0.25) is 5.89 Å². The minimum atomic E-state index is -0.317. The van der Waals surface area contributed by atoms with E-state index in [4.69, 9.17) is 8.83 Å². The summed E-state index contributed by atoms with van der Waals surface area (Å²) in [4.78, 5) is 30.3. The zero-order valence-corrected chi connectivity index (χ0v) is 18.4. The van der Waals surface area contributed by atoms with Gasteiger partial charge in [-0.1, -0.05) is 42.0 Å². The van der Waals surface area contributed by atoms with E-state index in [0.717, 1.165) is 27.5 Å². The first kappa shape index (κ1) is 19.4. The molecular formula is C28H19NO4. The van der Waals surface area contributed by atoms with Crippen LogP contribution in [0.2, 0.25) is 0 Å². The van der Waals surface area contributed by atoms with Crippen LogP contribution in [0.1, 0.15) is 43.3 Å². The highest BCUT2D eigenvalue weighted by Crippen LogP contribution is 2.35. The summed E-state index contributed by atoms with van der Waals surface area (Å²) >= 11 is 0. The number of oxazole rings is 1. The van der Waals surface area contributed by atoms with Gasteiger partial charge in [-0.05, 0) is 54.8 Å². The molecule has 0 saturated carbocycles. The Morgan fingerprint density at radius 2 is 1.39 bits per heavy atom. The Bertz CT molecular complexity index is 1570. The number of ketones is 2. The van der Waals surface area contributed by atoms with Gasteiger partial charge in [0.05, 0.1) is 5.57 Å². The molecule has 0 radical (unpaired) electrons. The van der Waals surface area contributed by atoms with Crippen LogP contribution in [-0.2, 0) is 0 Å². The van der Waals surface area contributed by atoms with Gasteiger partial charge in [-0.15, -0.1) is 0 Å². The normalized spacial score (nSPS) is 13.4. The molecule has 0 atom stereocenters. The number of furan rings is 1. The Kier molecular flexibility index (Phi) is 4.05. The van der Waals surface area contributed by atoms with E-state index in [1.807, 2.05) is 38.1 Å². The monoisotopic (exact) mass is 433 g/mol. The molecule has 0 bridgehead atoms. The molecule has 6 rings (SSSR count). The molecule has 3 aromatic carbocycles. The van der Waals surface area contributed by atoms with Gasteiger partial charge in [-0.2, -0.15) is 4.98 Å². The van der Waals surface area contributed by atoms with E-state index >= 15 is 0 Å². The molecule has 33 heavy (non-hydrogen) atoms. The number of fused-ring (bicyclic) bond motifs is 3. The van der Waals surface area contributed by atoms with Gasteiger partial charge in [-0.25, -0.2) is 0 Å². The smallest absolute Gasteiger partial charge is 0.266 e. The number of aryl methyl sites for hydroxylation is 3. The number of carbonyl (C=O) groups is 2. The van der Waals surface area contributed by atoms with Crippen LogP contribution in [0.4, 0.5) is 0 Å². The maximum atomic E-state index is 13.0. The lowest BCUT2D eigenvalue weighted by molar-refractivity contribution is 0.0990.